The van der Waals surface area contributed by atoms with Crippen molar-refractivity contribution in [3.8, 4) is 11.5 Å². The molecule has 2 aromatic carbocycles. The number of nitrogens with zero attached hydrogens (tertiary/aromatic N) is 4. The van der Waals surface area contributed by atoms with Gasteiger partial charge in [-0.2, -0.15) is 5.10 Å². The first kappa shape index (κ1) is 24.1. The molecule has 0 unspecified atom stereocenters. The van der Waals surface area contributed by atoms with Crippen LogP contribution in [0.25, 0.3) is 11.0 Å². The van der Waals surface area contributed by atoms with Gasteiger partial charge >= 0.3 is 0 Å². The third-order valence-corrected chi connectivity index (χ3v) is 6.95. The van der Waals surface area contributed by atoms with Crippen molar-refractivity contribution in [1.82, 2.24) is 25.1 Å². The second kappa shape index (κ2) is 10.6. The number of amides is 1. The lowest BCUT2D eigenvalue weighted by Gasteiger charge is -2.27. The first-order valence-corrected chi connectivity index (χ1v) is 13.3. The standard InChI is InChI=1S/C27H30N6O2S/c1-4-15-36-27-31-24(30-17(2)3)20-16-29-33(25(20)32-27)14-13-28-26(34)23-18-9-5-7-11-21(18)35-22-12-8-6-10-19(22)23/h5-12,16-17,23H,4,13-15H2,1-3H3,(H,28,34)(H,30,31,32). The maximum absolute atomic E-state index is 13.4. The molecule has 4 aromatic rings. The van der Waals surface area contributed by atoms with Crippen LogP contribution in [0.3, 0.4) is 0 Å². The van der Waals surface area contributed by atoms with Crippen molar-refractivity contribution in [3.63, 3.8) is 0 Å². The molecule has 2 N–H and O–H groups in total. The van der Waals surface area contributed by atoms with Crippen LogP contribution < -0.4 is 15.4 Å². The Kier molecular flexibility index (Phi) is 7.09. The molecule has 1 aliphatic heterocycles. The van der Waals surface area contributed by atoms with Crippen LogP contribution in [-0.2, 0) is 11.3 Å². The Labute approximate surface area is 214 Å². The smallest absolute Gasteiger partial charge is 0.232 e. The number of carbonyl (C=O) groups is 1. The zero-order valence-electron chi connectivity index (χ0n) is 20.7. The topological polar surface area (TPSA) is 94.0 Å². The van der Waals surface area contributed by atoms with E-state index in [1.165, 1.54) is 0 Å². The highest BCUT2D eigenvalue weighted by atomic mass is 32.2. The Hall–Kier alpha value is -3.59. The van der Waals surface area contributed by atoms with Gasteiger partial charge in [-0.25, -0.2) is 14.6 Å². The van der Waals surface area contributed by atoms with Gasteiger partial charge in [-0.3, -0.25) is 4.79 Å². The van der Waals surface area contributed by atoms with Gasteiger partial charge in [0.25, 0.3) is 0 Å². The third-order valence-electron chi connectivity index (χ3n) is 5.90. The van der Waals surface area contributed by atoms with Gasteiger partial charge in [-0.1, -0.05) is 55.1 Å². The number of aromatic nitrogens is 4. The first-order chi connectivity index (χ1) is 17.5. The van der Waals surface area contributed by atoms with Gasteiger partial charge in [0.2, 0.25) is 5.91 Å². The van der Waals surface area contributed by atoms with E-state index in [1.807, 2.05) is 53.2 Å². The monoisotopic (exact) mass is 502 g/mol. The van der Waals surface area contributed by atoms with E-state index in [0.717, 1.165) is 45.3 Å². The predicted molar refractivity (Wildman–Crippen MR) is 143 cm³/mol. The van der Waals surface area contributed by atoms with Gasteiger partial charge in [0.05, 0.1) is 24.0 Å². The molecule has 0 atom stereocenters. The fourth-order valence-electron chi connectivity index (χ4n) is 4.32. The zero-order chi connectivity index (χ0) is 25.1. The Balaban J connectivity index is 1.35. The summed E-state index contributed by atoms with van der Waals surface area (Å²) in [5.74, 6) is 2.68. The minimum Gasteiger partial charge on any atom is -0.457 e. The molecule has 9 heteroatoms. The number of benzene rings is 2. The highest BCUT2D eigenvalue weighted by Crippen LogP contribution is 2.43. The molecule has 5 rings (SSSR count). The molecule has 36 heavy (non-hydrogen) atoms. The minimum atomic E-state index is -0.429. The molecule has 0 saturated heterocycles. The molecule has 0 spiro atoms. The largest absolute Gasteiger partial charge is 0.457 e. The molecular formula is C27H30N6O2S. The number of ether oxygens (including phenoxy) is 1. The summed E-state index contributed by atoms with van der Waals surface area (Å²) < 4.78 is 7.87. The number of thioether (sulfide) groups is 1. The van der Waals surface area contributed by atoms with Gasteiger partial charge in [0.1, 0.15) is 17.3 Å². The van der Waals surface area contributed by atoms with Gasteiger partial charge < -0.3 is 15.4 Å². The lowest BCUT2D eigenvalue weighted by molar-refractivity contribution is -0.121. The maximum Gasteiger partial charge on any atom is 0.232 e. The zero-order valence-corrected chi connectivity index (χ0v) is 21.5. The Morgan fingerprint density at radius 1 is 1.08 bits per heavy atom. The van der Waals surface area contributed by atoms with Crippen LogP contribution >= 0.6 is 11.8 Å². The normalized spacial score (nSPS) is 12.8. The fraction of sp³-hybridized carbons (Fsp3) is 0.333. The third kappa shape index (κ3) is 4.88. The number of para-hydroxylation sites is 2. The molecule has 8 nitrogen and oxygen atoms in total. The quantitative estimate of drug-likeness (QED) is 0.240. The summed E-state index contributed by atoms with van der Waals surface area (Å²) >= 11 is 1.64. The molecular weight excluding hydrogens is 472 g/mol. The van der Waals surface area contributed by atoms with Gasteiger partial charge in [-0.05, 0) is 32.4 Å². The summed E-state index contributed by atoms with van der Waals surface area (Å²) in [6.45, 7) is 7.23. The Bertz CT molecular complexity index is 1340. The van der Waals surface area contributed by atoms with Crippen molar-refractivity contribution < 1.29 is 9.53 Å². The van der Waals surface area contributed by atoms with E-state index in [9.17, 15) is 4.79 Å². The number of fused-ring (bicyclic) bond motifs is 3. The van der Waals surface area contributed by atoms with Crippen LogP contribution in [0.1, 0.15) is 44.2 Å². The van der Waals surface area contributed by atoms with Crippen LogP contribution in [-0.4, -0.2) is 44.0 Å². The molecule has 1 aliphatic rings. The van der Waals surface area contributed by atoms with Crippen LogP contribution in [0.4, 0.5) is 5.82 Å². The van der Waals surface area contributed by atoms with Crippen LogP contribution in [0.2, 0.25) is 0 Å². The summed E-state index contributed by atoms with van der Waals surface area (Å²) in [7, 11) is 0. The Morgan fingerprint density at radius 2 is 1.78 bits per heavy atom. The average molecular weight is 503 g/mol. The number of rotatable bonds is 9. The van der Waals surface area contributed by atoms with Crippen molar-refractivity contribution in [1.29, 1.82) is 0 Å². The Morgan fingerprint density at radius 3 is 2.44 bits per heavy atom. The molecule has 3 heterocycles. The van der Waals surface area contributed by atoms with Crippen LogP contribution in [0, 0.1) is 0 Å². The molecule has 0 fully saturated rings. The molecule has 0 aliphatic carbocycles. The number of carbonyl (C=O) groups excluding carboxylic acids is 1. The summed E-state index contributed by atoms with van der Waals surface area (Å²) in [4.78, 5) is 22.9. The summed E-state index contributed by atoms with van der Waals surface area (Å²) in [5, 5.41) is 12.7. The molecule has 1 amide bonds. The van der Waals surface area contributed by atoms with E-state index in [0.29, 0.717) is 24.6 Å². The van der Waals surface area contributed by atoms with Gasteiger partial charge in [0, 0.05) is 29.5 Å². The van der Waals surface area contributed by atoms with E-state index in [1.54, 1.807) is 18.0 Å². The first-order valence-electron chi connectivity index (χ1n) is 12.3. The minimum absolute atomic E-state index is 0.0642. The van der Waals surface area contributed by atoms with Crippen LogP contribution in [0.5, 0.6) is 11.5 Å². The lowest BCUT2D eigenvalue weighted by atomic mass is 9.87. The van der Waals surface area contributed by atoms with E-state index < -0.39 is 5.92 Å². The van der Waals surface area contributed by atoms with Crippen molar-refractivity contribution in [2.45, 2.75) is 50.9 Å². The van der Waals surface area contributed by atoms with Crippen LogP contribution in [0.15, 0.2) is 59.9 Å². The van der Waals surface area contributed by atoms with Crippen molar-refractivity contribution >= 4 is 34.5 Å². The van der Waals surface area contributed by atoms with E-state index in [-0.39, 0.29) is 11.9 Å². The summed E-state index contributed by atoms with van der Waals surface area (Å²) in [6.07, 6.45) is 2.84. The number of hydrogen-bond donors (Lipinski definition) is 2. The number of anilines is 1. The highest BCUT2D eigenvalue weighted by molar-refractivity contribution is 7.99. The van der Waals surface area contributed by atoms with Gasteiger partial charge in [0.15, 0.2) is 10.8 Å². The summed E-state index contributed by atoms with van der Waals surface area (Å²) in [5.41, 5.74) is 2.50. The predicted octanol–water partition coefficient (Wildman–Crippen LogP) is 5.20. The molecule has 0 bridgehead atoms. The fourth-order valence-corrected chi connectivity index (χ4v) is 5.01. The summed E-state index contributed by atoms with van der Waals surface area (Å²) in [6, 6.07) is 15.6. The van der Waals surface area contributed by atoms with Crippen molar-refractivity contribution in [3.05, 3.63) is 65.9 Å². The molecule has 186 valence electrons. The maximum atomic E-state index is 13.4. The highest BCUT2D eigenvalue weighted by Gasteiger charge is 2.32. The van der Waals surface area contributed by atoms with Crippen molar-refractivity contribution in [2.24, 2.45) is 0 Å². The molecule has 0 saturated carbocycles. The van der Waals surface area contributed by atoms with Gasteiger partial charge in [-0.15, -0.1) is 0 Å². The second-order valence-corrected chi connectivity index (χ2v) is 10.1. The van der Waals surface area contributed by atoms with Crippen molar-refractivity contribution in [2.75, 3.05) is 17.6 Å². The molecule has 0 radical (unpaired) electrons. The lowest BCUT2D eigenvalue weighted by Crippen LogP contribution is -2.33. The SMILES string of the molecule is CCCSc1nc(NC(C)C)c2cnn(CCNC(=O)C3c4ccccc4Oc4ccccc43)c2n1. The number of hydrogen-bond acceptors (Lipinski definition) is 7. The second-order valence-electron chi connectivity index (χ2n) is 9.01. The van der Waals surface area contributed by atoms with E-state index in [4.69, 9.17) is 14.7 Å². The average Bonchev–Trinajstić information content (AvgIpc) is 3.28. The molecule has 2 aromatic heterocycles. The van der Waals surface area contributed by atoms with E-state index in [2.05, 4.69) is 36.5 Å². The van der Waals surface area contributed by atoms with E-state index >= 15 is 0 Å². The number of nitrogens with one attached hydrogen (secondary N) is 2.